The zero-order chi connectivity index (χ0) is 16.3. The normalized spacial score (nSPS) is 13.2. The van der Waals surface area contributed by atoms with E-state index in [4.69, 9.17) is 16.3 Å². The first kappa shape index (κ1) is 17.0. The molecule has 0 fully saturated rings. The van der Waals surface area contributed by atoms with Crippen molar-refractivity contribution in [2.24, 2.45) is 5.41 Å². The Morgan fingerprint density at radius 2 is 1.77 bits per heavy atom. The molecule has 0 aromatic heterocycles. The van der Waals surface area contributed by atoms with Gasteiger partial charge in [0, 0.05) is 18.6 Å². The van der Waals surface area contributed by atoms with E-state index in [1.165, 1.54) is 6.07 Å². The van der Waals surface area contributed by atoms with E-state index >= 15 is 0 Å². The van der Waals surface area contributed by atoms with E-state index < -0.39 is 0 Å². The van der Waals surface area contributed by atoms with Gasteiger partial charge in [0.05, 0.1) is 6.10 Å². The maximum Gasteiger partial charge on any atom is 0.131 e. The first-order valence-corrected chi connectivity index (χ1v) is 7.88. The summed E-state index contributed by atoms with van der Waals surface area (Å²) in [5.41, 5.74) is 3.31. The molecular weight excluding hydrogens is 299 g/mol. The van der Waals surface area contributed by atoms with E-state index in [1.807, 2.05) is 24.3 Å². The Hall–Kier alpha value is -1.38. The third-order valence-electron chi connectivity index (χ3n) is 3.74. The number of rotatable bonds is 4. The molecule has 0 saturated heterocycles. The minimum atomic E-state index is -0.230. The summed E-state index contributed by atoms with van der Waals surface area (Å²) in [6.45, 7) is 6.33. The monoisotopic (exact) mass is 320 g/mol. The van der Waals surface area contributed by atoms with Gasteiger partial charge in [0.15, 0.2) is 0 Å². The topological polar surface area (TPSA) is 9.23 Å². The third kappa shape index (κ3) is 3.50. The maximum absolute atomic E-state index is 14.2. The molecule has 0 N–H and O–H groups in total. The van der Waals surface area contributed by atoms with Crippen molar-refractivity contribution in [2.75, 3.05) is 7.11 Å². The van der Waals surface area contributed by atoms with E-state index in [-0.39, 0.29) is 17.3 Å². The van der Waals surface area contributed by atoms with Crippen molar-refractivity contribution < 1.29 is 9.13 Å². The number of alkyl halides is 1. The van der Waals surface area contributed by atoms with Crippen LogP contribution >= 0.6 is 11.6 Å². The molecule has 3 heteroatoms. The lowest BCUT2D eigenvalue weighted by atomic mass is 9.81. The number of benzene rings is 2. The van der Waals surface area contributed by atoms with Gasteiger partial charge in [-0.1, -0.05) is 57.2 Å². The van der Waals surface area contributed by atoms with Crippen LogP contribution in [-0.2, 0) is 10.6 Å². The fourth-order valence-electron chi connectivity index (χ4n) is 2.78. The molecule has 1 unspecified atom stereocenters. The van der Waals surface area contributed by atoms with Gasteiger partial charge in [0.1, 0.15) is 5.82 Å². The Balaban J connectivity index is 2.67. The van der Waals surface area contributed by atoms with Crippen LogP contribution < -0.4 is 0 Å². The minimum absolute atomic E-state index is 0.111. The van der Waals surface area contributed by atoms with Gasteiger partial charge in [0.2, 0.25) is 0 Å². The van der Waals surface area contributed by atoms with Gasteiger partial charge in [0.25, 0.3) is 0 Å². The van der Waals surface area contributed by atoms with Crippen molar-refractivity contribution in [2.45, 2.75) is 32.8 Å². The number of halogens is 2. The second kappa shape index (κ2) is 6.80. The maximum atomic E-state index is 14.2. The van der Waals surface area contributed by atoms with Crippen LogP contribution in [0.4, 0.5) is 4.39 Å². The van der Waals surface area contributed by atoms with Crippen molar-refractivity contribution >= 4 is 11.6 Å². The predicted octanol–water partition coefficient (Wildman–Crippen LogP) is 5.97. The molecule has 22 heavy (non-hydrogen) atoms. The summed E-state index contributed by atoms with van der Waals surface area (Å²) in [6.07, 6.45) is -0.148. The summed E-state index contributed by atoms with van der Waals surface area (Å²) in [7, 11) is 1.69. The van der Waals surface area contributed by atoms with E-state index in [0.29, 0.717) is 11.4 Å². The smallest absolute Gasteiger partial charge is 0.131 e. The van der Waals surface area contributed by atoms with Gasteiger partial charge >= 0.3 is 0 Å². The van der Waals surface area contributed by atoms with Crippen LogP contribution in [0, 0.1) is 11.2 Å². The molecule has 0 spiro atoms. The molecule has 0 amide bonds. The largest absolute Gasteiger partial charge is 0.376 e. The molecule has 118 valence electrons. The fourth-order valence-corrected chi connectivity index (χ4v) is 2.95. The predicted molar refractivity (Wildman–Crippen MR) is 90.6 cm³/mol. The summed E-state index contributed by atoms with van der Waals surface area (Å²) in [5, 5.41) is 0. The minimum Gasteiger partial charge on any atom is -0.376 e. The van der Waals surface area contributed by atoms with Gasteiger partial charge in [-0.3, -0.25) is 0 Å². The van der Waals surface area contributed by atoms with Crippen molar-refractivity contribution in [3.05, 3.63) is 59.4 Å². The third-order valence-corrected chi connectivity index (χ3v) is 4.05. The van der Waals surface area contributed by atoms with Crippen LogP contribution in [0.2, 0.25) is 0 Å². The Morgan fingerprint density at radius 1 is 1.09 bits per heavy atom. The van der Waals surface area contributed by atoms with Crippen LogP contribution in [0.25, 0.3) is 11.1 Å². The lowest BCUT2D eigenvalue weighted by Crippen LogP contribution is -2.21. The van der Waals surface area contributed by atoms with Gasteiger partial charge in [-0.15, -0.1) is 11.6 Å². The van der Waals surface area contributed by atoms with Crippen molar-refractivity contribution in [3.63, 3.8) is 0 Å². The molecule has 0 saturated carbocycles. The Bertz CT molecular complexity index is 646. The number of hydrogen-bond donors (Lipinski definition) is 0. The molecule has 0 aliphatic rings. The zero-order valence-electron chi connectivity index (χ0n) is 13.5. The summed E-state index contributed by atoms with van der Waals surface area (Å²) in [6, 6.07) is 12.7. The molecule has 0 bridgehead atoms. The summed E-state index contributed by atoms with van der Waals surface area (Å²) < 4.78 is 20.0. The molecule has 2 aromatic rings. The highest BCUT2D eigenvalue weighted by atomic mass is 35.5. The van der Waals surface area contributed by atoms with Crippen molar-refractivity contribution in [3.8, 4) is 11.1 Å². The zero-order valence-corrected chi connectivity index (χ0v) is 14.2. The molecule has 1 nitrogen and oxygen atoms in total. The Kier molecular flexibility index (Phi) is 5.25. The molecule has 2 aromatic carbocycles. The molecule has 0 heterocycles. The lowest BCUT2D eigenvalue weighted by Gasteiger charge is -2.31. The van der Waals surface area contributed by atoms with Gasteiger partial charge in [-0.2, -0.15) is 0 Å². The van der Waals surface area contributed by atoms with E-state index in [9.17, 15) is 4.39 Å². The standard InChI is InChI=1S/C19H22ClFO/c1-19(2,3)18(22-4)16-11-13(12-20)9-10-14(16)15-7-5-6-8-17(15)21/h5-11,18H,12H2,1-4H3. The SMILES string of the molecule is COC(c1cc(CCl)ccc1-c1ccccc1F)C(C)(C)C. The first-order valence-electron chi connectivity index (χ1n) is 7.35. The van der Waals surface area contributed by atoms with Crippen LogP contribution in [-0.4, -0.2) is 7.11 Å². The van der Waals surface area contributed by atoms with Crippen LogP contribution in [0.15, 0.2) is 42.5 Å². The molecule has 0 aliphatic carbocycles. The summed E-state index contributed by atoms with van der Waals surface area (Å²) in [4.78, 5) is 0. The van der Waals surface area contributed by atoms with Crippen LogP contribution in [0.1, 0.15) is 38.0 Å². The molecule has 0 radical (unpaired) electrons. The second-order valence-electron chi connectivity index (χ2n) is 6.52. The fraction of sp³-hybridized carbons (Fsp3) is 0.368. The second-order valence-corrected chi connectivity index (χ2v) is 6.78. The quantitative estimate of drug-likeness (QED) is 0.631. The van der Waals surface area contributed by atoms with Crippen LogP contribution in [0.5, 0.6) is 0 Å². The molecule has 2 rings (SSSR count). The van der Waals surface area contributed by atoms with Gasteiger partial charge in [-0.05, 0) is 28.2 Å². The number of ether oxygens (including phenoxy) is 1. The van der Waals surface area contributed by atoms with Crippen LogP contribution in [0.3, 0.4) is 0 Å². The van der Waals surface area contributed by atoms with Crippen molar-refractivity contribution in [1.82, 2.24) is 0 Å². The highest BCUT2D eigenvalue weighted by Crippen LogP contribution is 2.41. The molecular formula is C19H22ClFO. The average molecular weight is 321 g/mol. The van der Waals surface area contributed by atoms with Gasteiger partial charge < -0.3 is 4.74 Å². The highest BCUT2D eigenvalue weighted by molar-refractivity contribution is 6.17. The van der Waals surface area contributed by atoms with Gasteiger partial charge in [-0.25, -0.2) is 4.39 Å². The van der Waals surface area contributed by atoms with Crippen molar-refractivity contribution in [1.29, 1.82) is 0 Å². The molecule has 1 atom stereocenters. The average Bonchev–Trinajstić information content (AvgIpc) is 2.47. The first-order chi connectivity index (χ1) is 10.4. The van der Waals surface area contributed by atoms with E-state index in [0.717, 1.165) is 16.7 Å². The lowest BCUT2D eigenvalue weighted by molar-refractivity contribution is 0.0155. The Morgan fingerprint density at radius 3 is 2.32 bits per heavy atom. The highest BCUT2D eigenvalue weighted by Gasteiger charge is 2.29. The number of methoxy groups -OCH3 is 1. The number of hydrogen-bond acceptors (Lipinski definition) is 1. The summed E-state index contributed by atoms with van der Waals surface area (Å²) >= 11 is 5.98. The summed E-state index contributed by atoms with van der Waals surface area (Å²) in [5.74, 6) is 0.191. The van der Waals surface area contributed by atoms with E-state index in [2.05, 4.69) is 20.8 Å². The van der Waals surface area contributed by atoms with E-state index in [1.54, 1.807) is 19.2 Å². The molecule has 0 aliphatic heterocycles. The Labute approximate surface area is 137 Å².